The van der Waals surface area contributed by atoms with Crippen LogP contribution >= 0.6 is 0 Å². The molecule has 7 nitrogen and oxygen atoms in total. The van der Waals surface area contributed by atoms with E-state index in [2.05, 4.69) is 16.3 Å². The highest BCUT2D eigenvalue weighted by atomic mass is 16.2. The van der Waals surface area contributed by atoms with E-state index in [1.165, 1.54) is 0 Å². The van der Waals surface area contributed by atoms with E-state index in [9.17, 15) is 14.4 Å². The average molecular weight is 392 g/mol. The molecular formula is C22H24N4O3. The maximum Gasteiger partial charge on any atom is 0.259 e. The molecule has 2 atom stereocenters. The van der Waals surface area contributed by atoms with Crippen molar-refractivity contribution in [2.24, 2.45) is 5.73 Å². The summed E-state index contributed by atoms with van der Waals surface area (Å²) in [7, 11) is 0. The molecule has 0 aliphatic carbocycles. The van der Waals surface area contributed by atoms with Gasteiger partial charge < -0.3 is 10.6 Å². The van der Waals surface area contributed by atoms with Crippen molar-refractivity contribution in [3.8, 4) is 0 Å². The third-order valence-corrected chi connectivity index (χ3v) is 6.24. The molecule has 0 spiro atoms. The summed E-state index contributed by atoms with van der Waals surface area (Å²) in [5.74, 6) is -0.863. The highest BCUT2D eigenvalue weighted by molar-refractivity contribution is 6.27. The van der Waals surface area contributed by atoms with Gasteiger partial charge in [-0.15, -0.1) is 0 Å². The van der Waals surface area contributed by atoms with E-state index in [0.717, 1.165) is 54.5 Å². The molecule has 0 saturated carbocycles. The third kappa shape index (κ3) is 2.97. The number of imide groups is 1. The van der Waals surface area contributed by atoms with Crippen molar-refractivity contribution in [2.45, 2.75) is 44.2 Å². The largest absolute Gasteiger partial charge is 0.370 e. The molecule has 0 aromatic heterocycles. The number of hydrogen-bond acceptors (Lipinski definition) is 5. The number of nitrogens with zero attached hydrogens (tertiary/aromatic N) is 2. The third-order valence-electron chi connectivity index (χ3n) is 6.24. The van der Waals surface area contributed by atoms with E-state index in [-0.39, 0.29) is 24.3 Å². The Morgan fingerprint density at radius 1 is 1.07 bits per heavy atom. The molecule has 2 fully saturated rings. The minimum atomic E-state index is -0.659. The van der Waals surface area contributed by atoms with Crippen LogP contribution in [-0.2, 0) is 9.59 Å². The fourth-order valence-electron chi connectivity index (χ4n) is 4.83. The summed E-state index contributed by atoms with van der Waals surface area (Å²) in [6.07, 6.45) is 3.79. The topological polar surface area (TPSA) is 95.7 Å². The summed E-state index contributed by atoms with van der Waals surface area (Å²) in [6.45, 7) is 1.69. The predicted molar refractivity (Wildman–Crippen MR) is 111 cm³/mol. The van der Waals surface area contributed by atoms with E-state index in [1.54, 1.807) is 4.90 Å². The van der Waals surface area contributed by atoms with Gasteiger partial charge in [-0.2, -0.15) is 0 Å². The lowest BCUT2D eigenvalue weighted by molar-refractivity contribution is -0.134. The van der Waals surface area contributed by atoms with Crippen molar-refractivity contribution < 1.29 is 14.4 Å². The van der Waals surface area contributed by atoms with Gasteiger partial charge in [0.25, 0.3) is 5.91 Å². The van der Waals surface area contributed by atoms with Gasteiger partial charge in [0.2, 0.25) is 11.8 Å². The summed E-state index contributed by atoms with van der Waals surface area (Å²) in [5, 5.41) is 4.23. The standard InChI is InChI=1S/C22H24N4O3/c23-14-5-1-2-9-25(12-14)15-10-13-4-3-6-17-20(13)16(11-15)22(29)26(17)18-7-8-19(27)24-21(18)28/h3-4,6,10-11,14,18H,1-2,5,7-9,12,23H2,(H,24,27,28). The van der Waals surface area contributed by atoms with Crippen molar-refractivity contribution in [1.29, 1.82) is 0 Å². The predicted octanol–water partition coefficient (Wildman–Crippen LogP) is 1.92. The summed E-state index contributed by atoms with van der Waals surface area (Å²) in [5.41, 5.74) is 8.61. The Morgan fingerprint density at radius 2 is 1.93 bits per heavy atom. The average Bonchev–Trinajstić information content (AvgIpc) is 2.85. The molecule has 3 heterocycles. The highest BCUT2D eigenvalue weighted by Gasteiger charge is 2.41. The monoisotopic (exact) mass is 392 g/mol. The number of rotatable bonds is 2. The maximum absolute atomic E-state index is 13.4. The van der Waals surface area contributed by atoms with Gasteiger partial charge in [0, 0.05) is 36.6 Å². The number of carbonyl (C=O) groups excluding carboxylic acids is 3. The molecular weight excluding hydrogens is 368 g/mol. The smallest absolute Gasteiger partial charge is 0.259 e. The molecule has 3 amide bonds. The van der Waals surface area contributed by atoms with Crippen LogP contribution < -0.4 is 20.9 Å². The van der Waals surface area contributed by atoms with Crippen molar-refractivity contribution in [1.82, 2.24) is 5.32 Å². The molecule has 0 bridgehead atoms. The number of piperidine rings is 1. The molecule has 3 N–H and O–H groups in total. The summed E-state index contributed by atoms with van der Waals surface area (Å²) in [6, 6.07) is 9.32. The number of nitrogens with one attached hydrogen (secondary N) is 1. The van der Waals surface area contributed by atoms with Crippen LogP contribution in [0.4, 0.5) is 11.4 Å². The summed E-state index contributed by atoms with van der Waals surface area (Å²) >= 11 is 0. The van der Waals surface area contributed by atoms with Gasteiger partial charge in [-0.1, -0.05) is 18.6 Å². The second-order valence-corrected chi connectivity index (χ2v) is 8.21. The van der Waals surface area contributed by atoms with Crippen LogP contribution in [0.5, 0.6) is 0 Å². The van der Waals surface area contributed by atoms with Crippen LogP contribution in [0.15, 0.2) is 30.3 Å². The van der Waals surface area contributed by atoms with Crippen LogP contribution in [0.25, 0.3) is 10.8 Å². The Morgan fingerprint density at radius 3 is 2.76 bits per heavy atom. The number of benzene rings is 2. The fourth-order valence-corrected chi connectivity index (χ4v) is 4.83. The molecule has 150 valence electrons. The summed E-state index contributed by atoms with van der Waals surface area (Å²) < 4.78 is 0. The minimum absolute atomic E-state index is 0.129. The molecule has 2 aromatic rings. The van der Waals surface area contributed by atoms with E-state index < -0.39 is 11.9 Å². The first-order valence-corrected chi connectivity index (χ1v) is 10.3. The summed E-state index contributed by atoms with van der Waals surface area (Å²) in [4.78, 5) is 41.2. The maximum atomic E-state index is 13.4. The van der Waals surface area contributed by atoms with E-state index in [4.69, 9.17) is 5.73 Å². The quantitative estimate of drug-likeness (QED) is 0.762. The van der Waals surface area contributed by atoms with Gasteiger partial charge in [0.15, 0.2) is 0 Å². The number of hydrogen-bond donors (Lipinski definition) is 2. The number of carbonyl (C=O) groups is 3. The normalized spacial score (nSPS) is 24.8. The lowest BCUT2D eigenvalue weighted by atomic mass is 10.0. The Bertz CT molecular complexity index is 1030. The SMILES string of the molecule is NC1CCCCN(c2cc3c4c(cccc4c2)N(C2CCC(=O)NC2=O)C3=O)C1. The van der Waals surface area contributed by atoms with Gasteiger partial charge in [-0.3, -0.25) is 24.6 Å². The Labute approximate surface area is 168 Å². The van der Waals surface area contributed by atoms with Crippen LogP contribution in [-0.4, -0.2) is 42.9 Å². The molecule has 2 unspecified atom stereocenters. The van der Waals surface area contributed by atoms with Gasteiger partial charge in [-0.25, -0.2) is 0 Å². The molecule has 2 saturated heterocycles. The molecule has 0 radical (unpaired) electrons. The van der Waals surface area contributed by atoms with Crippen LogP contribution in [0.3, 0.4) is 0 Å². The Kier molecular flexibility index (Phi) is 4.28. The van der Waals surface area contributed by atoms with Crippen molar-refractivity contribution in [3.05, 3.63) is 35.9 Å². The van der Waals surface area contributed by atoms with E-state index >= 15 is 0 Å². The molecule has 5 rings (SSSR count). The first-order chi connectivity index (χ1) is 14.0. The molecule has 3 aliphatic heterocycles. The second-order valence-electron chi connectivity index (χ2n) is 8.21. The van der Waals surface area contributed by atoms with E-state index in [1.807, 2.05) is 24.3 Å². The van der Waals surface area contributed by atoms with Gasteiger partial charge in [-0.05, 0) is 42.8 Å². The highest BCUT2D eigenvalue weighted by Crippen LogP contribution is 2.41. The van der Waals surface area contributed by atoms with Gasteiger partial charge in [0.1, 0.15) is 6.04 Å². The zero-order valence-corrected chi connectivity index (χ0v) is 16.2. The Hall–Kier alpha value is -2.93. The van der Waals surface area contributed by atoms with Gasteiger partial charge in [0.05, 0.1) is 11.3 Å². The lowest BCUT2D eigenvalue weighted by Crippen LogP contribution is -2.53. The van der Waals surface area contributed by atoms with Crippen LogP contribution in [0.1, 0.15) is 42.5 Å². The fraction of sp³-hybridized carbons (Fsp3) is 0.409. The lowest BCUT2D eigenvalue weighted by Gasteiger charge is -2.30. The first kappa shape index (κ1) is 18.1. The number of anilines is 2. The minimum Gasteiger partial charge on any atom is -0.370 e. The van der Waals surface area contributed by atoms with Crippen molar-refractivity contribution >= 4 is 39.9 Å². The Balaban J connectivity index is 1.57. The van der Waals surface area contributed by atoms with E-state index in [0.29, 0.717) is 12.0 Å². The van der Waals surface area contributed by atoms with Crippen LogP contribution in [0, 0.1) is 0 Å². The zero-order chi connectivity index (χ0) is 20.1. The van der Waals surface area contributed by atoms with Crippen molar-refractivity contribution in [2.75, 3.05) is 22.9 Å². The van der Waals surface area contributed by atoms with Crippen LogP contribution in [0.2, 0.25) is 0 Å². The molecule has 3 aliphatic rings. The molecule has 2 aromatic carbocycles. The number of amides is 3. The van der Waals surface area contributed by atoms with Gasteiger partial charge >= 0.3 is 0 Å². The van der Waals surface area contributed by atoms with Crippen molar-refractivity contribution in [3.63, 3.8) is 0 Å². The molecule has 29 heavy (non-hydrogen) atoms. The first-order valence-electron chi connectivity index (χ1n) is 10.3. The number of nitrogens with two attached hydrogens (primary N) is 1. The molecule has 7 heteroatoms. The second kappa shape index (κ2) is 6.84. The zero-order valence-electron chi connectivity index (χ0n) is 16.2.